The van der Waals surface area contributed by atoms with Crippen molar-refractivity contribution in [3.05, 3.63) is 41.3 Å². The van der Waals surface area contributed by atoms with Crippen molar-refractivity contribution in [2.45, 2.75) is 12.8 Å². The van der Waals surface area contributed by atoms with Gasteiger partial charge in [-0.2, -0.15) is 4.98 Å². The second-order valence-corrected chi connectivity index (χ2v) is 5.57. The summed E-state index contributed by atoms with van der Waals surface area (Å²) in [6.07, 6.45) is 5.00. The Morgan fingerprint density at radius 3 is 2.71 bits per heavy atom. The van der Waals surface area contributed by atoms with Gasteiger partial charge in [0.2, 0.25) is 11.7 Å². The molecule has 0 N–H and O–H groups in total. The van der Waals surface area contributed by atoms with Crippen LogP contribution in [0.3, 0.4) is 0 Å². The molecule has 126 valence electrons. The second-order valence-electron chi connectivity index (χ2n) is 5.16. The van der Waals surface area contributed by atoms with Crippen LogP contribution in [0.4, 0.5) is 0 Å². The molecule has 0 aliphatic rings. The van der Waals surface area contributed by atoms with Gasteiger partial charge in [-0.25, -0.2) is 4.98 Å². The van der Waals surface area contributed by atoms with E-state index in [2.05, 4.69) is 15.1 Å². The molecular weight excluding hydrogens is 332 g/mol. The minimum Gasteiger partial charge on any atom is -0.493 e. The monoisotopic (exact) mass is 348 g/mol. The van der Waals surface area contributed by atoms with Crippen LogP contribution in [-0.4, -0.2) is 33.9 Å². The maximum absolute atomic E-state index is 6.21. The zero-order valence-corrected chi connectivity index (χ0v) is 14.4. The molecule has 0 saturated carbocycles. The lowest BCUT2D eigenvalue weighted by Gasteiger charge is -2.10. The lowest BCUT2D eigenvalue weighted by atomic mass is 10.2. The quantitative estimate of drug-likeness (QED) is 0.681. The molecule has 3 aromatic rings. The van der Waals surface area contributed by atoms with Crippen molar-refractivity contribution in [1.82, 2.24) is 19.7 Å². The molecule has 0 unspecified atom stereocenters. The average molecular weight is 349 g/mol. The predicted octanol–water partition coefficient (Wildman–Crippen LogP) is 2.93. The van der Waals surface area contributed by atoms with E-state index >= 15 is 0 Å². The molecule has 0 radical (unpaired) electrons. The summed E-state index contributed by atoms with van der Waals surface area (Å²) in [5.74, 6) is 2.94. The number of hydrogen-bond acceptors (Lipinski definition) is 6. The number of rotatable bonds is 6. The van der Waals surface area contributed by atoms with Gasteiger partial charge in [-0.1, -0.05) is 16.8 Å². The fourth-order valence-corrected chi connectivity index (χ4v) is 2.66. The number of hydrogen-bond donors (Lipinski definition) is 0. The zero-order valence-electron chi connectivity index (χ0n) is 13.6. The normalized spacial score (nSPS) is 10.8. The molecule has 7 nitrogen and oxygen atoms in total. The highest BCUT2D eigenvalue weighted by atomic mass is 35.5. The van der Waals surface area contributed by atoms with E-state index in [4.69, 9.17) is 25.6 Å². The number of halogens is 1. The van der Waals surface area contributed by atoms with Gasteiger partial charge >= 0.3 is 0 Å². The summed E-state index contributed by atoms with van der Waals surface area (Å²) in [6, 6.07) is 3.48. The number of imidazole rings is 1. The summed E-state index contributed by atoms with van der Waals surface area (Å²) < 4.78 is 17.8. The van der Waals surface area contributed by atoms with Crippen LogP contribution < -0.4 is 9.47 Å². The average Bonchev–Trinajstić information content (AvgIpc) is 3.21. The molecular formula is C16H17ClN4O3. The van der Waals surface area contributed by atoms with E-state index in [1.807, 2.05) is 17.8 Å². The number of nitrogens with zero attached hydrogens (tertiary/aromatic N) is 4. The van der Waals surface area contributed by atoms with Crippen LogP contribution in [0, 0.1) is 0 Å². The molecule has 8 heteroatoms. The van der Waals surface area contributed by atoms with Gasteiger partial charge in [0.05, 0.1) is 19.2 Å². The molecule has 0 aliphatic carbocycles. The third-order valence-corrected chi connectivity index (χ3v) is 3.92. The summed E-state index contributed by atoms with van der Waals surface area (Å²) in [4.78, 5) is 8.69. The SMILES string of the molecule is COc1cc(-c2noc(CCc3nccn3C)n2)cc(Cl)c1OC. The summed E-state index contributed by atoms with van der Waals surface area (Å²) in [6.45, 7) is 0. The molecule has 2 aromatic heterocycles. The Labute approximate surface area is 144 Å². The standard InChI is InChI=1S/C16H17ClN4O3/c1-21-7-6-18-13(21)4-5-14-19-16(20-24-14)10-8-11(17)15(23-3)12(9-10)22-2/h6-9H,4-5H2,1-3H3. The fourth-order valence-electron chi connectivity index (χ4n) is 2.38. The van der Waals surface area contributed by atoms with Crippen LogP contribution >= 0.6 is 11.6 Å². The van der Waals surface area contributed by atoms with Crippen LogP contribution in [0.15, 0.2) is 29.0 Å². The van der Waals surface area contributed by atoms with Gasteiger partial charge < -0.3 is 18.6 Å². The van der Waals surface area contributed by atoms with Crippen LogP contribution in [-0.2, 0) is 19.9 Å². The smallest absolute Gasteiger partial charge is 0.227 e. The van der Waals surface area contributed by atoms with Gasteiger partial charge in [0.15, 0.2) is 11.5 Å². The van der Waals surface area contributed by atoms with Crippen LogP contribution in [0.5, 0.6) is 11.5 Å². The highest BCUT2D eigenvalue weighted by Gasteiger charge is 2.16. The van der Waals surface area contributed by atoms with E-state index in [1.165, 1.54) is 7.11 Å². The van der Waals surface area contributed by atoms with Gasteiger partial charge in [-0.3, -0.25) is 0 Å². The Hall–Kier alpha value is -2.54. The number of ether oxygens (including phenoxy) is 2. The summed E-state index contributed by atoms with van der Waals surface area (Å²) in [5.41, 5.74) is 0.699. The van der Waals surface area contributed by atoms with Crippen molar-refractivity contribution < 1.29 is 14.0 Å². The lowest BCUT2D eigenvalue weighted by Crippen LogP contribution is -2.00. The van der Waals surface area contributed by atoms with E-state index < -0.39 is 0 Å². The fraction of sp³-hybridized carbons (Fsp3) is 0.312. The van der Waals surface area contributed by atoms with Gasteiger partial charge in [0, 0.05) is 37.8 Å². The largest absolute Gasteiger partial charge is 0.493 e. The zero-order chi connectivity index (χ0) is 17.1. The molecule has 3 rings (SSSR count). The van der Waals surface area contributed by atoms with Crippen molar-refractivity contribution in [2.24, 2.45) is 7.05 Å². The maximum Gasteiger partial charge on any atom is 0.227 e. The molecule has 0 spiro atoms. The molecule has 1 aromatic carbocycles. The van der Waals surface area contributed by atoms with Crippen LogP contribution in [0.25, 0.3) is 11.4 Å². The van der Waals surface area contributed by atoms with Crippen LogP contribution in [0.1, 0.15) is 11.7 Å². The lowest BCUT2D eigenvalue weighted by molar-refractivity contribution is 0.355. The van der Waals surface area contributed by atoms with Crippen molar-refractivity contribution >= 4 is 11.6 Å². The van der Waals surface area contributed by atoms with Crippen LogP contribution in [0.2, 0.25) is 5.02 Å². The van der Waals surface area contributed by atoms with E-state index in [1.54, 1.807) is 25.4 Å². The van der Waals surface area contributed by atoms with Crippen molar-refractivity contribution in [3.8, 4) is 22.9 Å². The van der Waals surface area contributed by atoms with Gasteiger partial charge in [0.25, 0.3) is 0 Å². The molecule has 0 atom stereocenters. The van der Waals surface area contributed by atoms with Gasteiger partial charge in [0.1, 0.15) is 5.82 Å². The van der Waals surface area contributed by atoms with Gasteiger partial charge in [-0.15, -0.1) is 0 Å². The van der Waals surface area contributed by atoms with E-state index in [0.29, 0.717) is 40.2 Å². The van der Waals surface area contributed by atoms with E-state index in [9.17, 15) is 0 Å². The predicted molar refractivity (Wildman–Crippen MR) is 88.5 cm³/mol. The molecule has 2 heterocycles. The van der Waals surface area contributed by atoms with E-state index in [0.717, 1.165) is 12.2 Å². The van der Waals surface area contributed by atoms with Gasteiger partial charge in [-0.05, 0) is 12.1 Å². The second kappa shape index (κ2) is 6.92. The molecule has 0 amide bonds. The van der Waals surface area contributed by atoms with Crippen molar-refractivity contribution in [1.29, 1.82) is 0 Å². The highest BCUT2D eigenvalue weighted by molar-refractivity contribution is 6.32. The summed E-state index contributed by atoms with van der Waals surface area (Å²) in [5, 5.41) is 4.43. The third-order valence-electron chi connectivity index (χ3n) is 3.64. The first-order valence-corrected chi connectivity index (χ1v) is 7.71. The first-order chi connectivity index (χ1) is 11.6. The Morgan fingerprint density at radius 1 is 1.21 bits per heavy atom. The summed E-state index contributed by atoms with van der Waals surface area (Å²) in [7, 11) is 5.03. The first-order valence-electron chi connectivity index (χ1n) is 7.33. The molecule has 0 aliphatic heterocycles. The minimum atomic E-state index is 0.422. The molecule has 0 saturated heterocycles. The topological polar surface area (TPSA) is 75.2 Å². The number of aromatic nitrogens is 4. The Morgan fingerprint density at radius 2 is 2.04 bits per heavy atom. The Bertz CT molecular complexity index is 844. The highest BCUT2D eigenvalue weighted by Crippen LogP contribution is 2.38. The summed E-state index contributed by atoms with van der Waals surface area (Å²) >= 11 is 6.21. The number of aryl methyl sites for hydroxylation is 3. The molecule has 0 bridgehead atoms. The first kappa shape index (κ1) is 16.3. The van der Waals surface area contributed by atoms with Crippen molar-refractivity contribution in [2.75, 3.05) is 14.2 Å². The number of methoxy groups -OCH3 is 2. The van der Waals surface area contributed by atoms with E-state index in [-0.39, 0.29) is 0 Å². The molecule has 0 fully saturated rings. The number of benzene rings is 1. The maximum atomic E-state index is 6.21. The Kier molecular flexibility index (Phi) is 4.71. The van der Waals surface area contributed by atoms with Crippen molar-refractivity contribution in [3.63, 3.8) is 0 Å². The Balaban J connectivity index is 1.80. The minimum absolute atomic E-state index is 0.422. The third kappa shape index (κ3) is 3.21. The molecule has 24 heavy (non-hydrogen) atoms.